The Morgan fingerprint density at radius 3 is 2.51 bits per heavy atom. The van der Waals surface area contributed by atoms with E-state index < -0.39 is 5.60 Å². The predicted octanol–water partition coefficient (Wildman–Crippen LogP) is 6.09. The van der Waals surface area contributed by atoms with E-state index in [1.165, 1.54) is 0 Å². The Bertz CT molecular complexity index is 1430. The van der Waals surface area contributed by atoms with Gasteiger partial charge >= 0.3 is 5.97 Å². The van der Waals surface area contributed by atoms with Gasteiger partial charge in [-0.05, 0) is 84.4 Å². The van der Waals surface area contributed by atoms with Crippen LogP contribution in [0.25, 0.3) is 11.6 Å². The van der Waals surface area contributed by atoms with Crippen molar-refractivity contribution in [2.24, 2.45) is 21.8 Å². The van der Waals surface area contributed by atoms with Crippen molar-refractivity contribution >= 4 is 41.7 Å². The first kappa shape index (κ1) is 33.5. The lowest BCUT2D eigenvalue weighted by Crippen LogP contribution is -2.27. The summed E-state index contributed by atoms with van der Waals surface area (Å²) < 4.78 is 5.34. The molecule has 0 saturated heterocycles. The number of rotatable bonds is 12. The summed E-state index contributed by atoms with van der Waals surface area (Å²) in [7, 11) is 1.85. The fourth-order valence-corrected chi connectivity index (χ4v) is 5.54. The number of ether oxygens (including phenoxy) is 1. The first-order valence-electron chi connectivity index (χ1n) is 14.9. The highest BCUT2D eigenvalue weighted by atomic mass is 16.6. The Morgan fingerprint density at radius 2 is 1.91 bits per heavy atom. The van der Waals surface area contributed by atoms with E-state index in [1.54, 1.807) is 0 Å². The average Bonchev–Trinajstić information content (AvgIpc) is 3.53. The van der Waals surface area contributed by atoms with Crippen LogP contribution in [0.5, 0.6) is 0 Å². The van der Waals surface area contributed by atoms with Gasteiger partial charge in [-0.15, -0.1) is 0 Å². The minimum absolute atomic E-state index is 0.0203. The highest BCUT2D eigenvalue weighted by molar-refractivity contribution is 6.14. The number of aromatic amines is 1. The Labute approximate surface area is 255 Å². The number of carbonyl (C=O) groups is 3. The van der Waals surface area contributed by atoms with E-state index in [-0.39, 0.29) is 42.3 Å². The third-order valence-corrected chi connectivity index (χ3v) is 7.79. The minimum atomic E-state index is -0.525. The molecule has 0 bridgehead atoms. The molecule has 1 aromatic heterocycles. The number of aromatic nitrogens is 1. The molecule has 232 valence electrons. The lowest BCUT2D eigenvalue weighted by molar-refractivity contribution is -0.155. The Morgan fingerprint density at radius 1 is 1.21 bits per heavy atom. The van der Waals surface area contributed by atoms with Crippen LogP contribution in [0.2, 0.25) is 0 Å². The van der Waals surface area contributed by atoms with Gasteiger partial charge in [0.1, 0.15) is 5.60 Å². The summed E-state index contributed by atoms with van der Waals surface area (Å²) in [5.41, 5.74) is 7.81. The van der Waals surface area contributed by atoms with Gasteiger partial charge in [-0.25, -0.2) is 0 Å². The number of allylic oxidation sites excluding steroid dienone is 5. The number of likely N-dealkylation sites (N-methyl/N-ethyl adjacent to an activating group) is 1. The second kappa shape index (κ2) is 14.0. The first-order valence-corrected chi connectivity index (χ1v) is 14.9. The zero-order valence-corrected chi connectivity index (χ0v) is 27.0. The van der Waals surface area contributed by atoms with Gasteiger partial charge in [-0.2, -0.15) is 0 Å². The van der Waals surface area contributed by atoms with Crippen molar-refractivity contribution in [1.82, 2.24) is 15.6 Å². The van der Waals surface area contributed by atoms with Gasteiger partial charge in [0.15, 0.2) is 5.78 Å². The quantitative estimate of drug-likeness (QED) is 0.118. The molecule has 2 heterocycles. The number of carbonyl (C=O) groups excluding carboxylic acids is 3. The summed E-state index contributed by atoms with van der Waals surface area (Å²) in [6, 6.07) is 0. The van der Waals surface area contributed by atoms with Crippen molar-refractivity contribution in [3.05, 3.63) is 57.8 Å². The summed E-state index contributed by atoms with van der Waals surface area (Å²) in [6.45, 7) is 21.4. The van der Waals surface area contributed by atoms with Crippen molar-refractivity contribution < 1.29 is 19.1 Å². The van der Waals surface area contributed by atoms with Crippen LogP contribution in [0.15, 0.2) is 45.3 Å². The lowest BCUT2D eigenvalue weighted by Gasteiger charge is -2.19. The molecule has 2 aliphatic rings. The maximum absolute atomic E-state index is 13.3. The summed E-state index contributed by atoms with van der Waals surface area (Å²) in [6.07, 6.45) is 5.79. The molecule has 0 spiro atoms. The molecule has 0 radical (unpaired) electrons. The fraction of sp³-hybridized carbons (Fsp3) is 0.500. The molecule has 43 heavy (non-hydrogen) atoms. The van der Waals surface area contributed by atoms with E-state index in [0.29, 0.717) is 31.4 Å². The molecule has 1 amide bonds. The molecule has 0 saturated carbocycles. The third-order valence-electron chi connectivity index (χ3n) is 7.79. The normalized spacial score (nSPS) is 20.6. The Balaban J connectivity index is 1.86. The molecule has 3 N–H and O–H groups in total. The van der Waals surface area contributed by atoms with Gasteiger partial charge in [0, 0.05) is 78.6 Å². The molecule has 3 rings (SSSR count). The van der Waals surface area contributed by atoms with Crippen LogP contribution >= 0.6 is 0 Å². The van der Waals surface area contributed by atoms with Gasteiger partial charge in [0.2, 0.25) is 5.91 Å². The summed E-state index contributed by atoms with van der Waals surface area (Å²) >= 11 is 0. The Kier molecular flexibility index (Phi) is 10.9. The number of hydrogen-bond donors (Lipinski definition) is 3. The molecule has 0 aromatic carbocycles. The van der Waals surface area contributed by atoms with E-state index in [0.717, 1.165) is 50.9 Å². The Hall–Kier alpha value is -4.01. The number of aliphatic imine (C=N–C) groups is 2. The third kappa shape index (κ3) is 8.30. The van der Waals surface area contributed by atoms with Gasteiger partial charge in [0.05, 0.1) is 11.4 Å². The number of ketones is 1. The van der Waals surface area contributed by atoms with E-state index in [4.69, 9.17) is 9.73 Å². The first-order chi connectivity index (χ1) is 20.2. The van der Waals surface area contributed by atoms with Crippen molar-refractivity contribution in [3.8, 4) is 0 Å². The van der Waals surface area contributed by atoms with Crippen molar-refractivity contribution in [1.29, 1.82) is 0 Å². The van der Waals surface area contributed by atoms with E-state index in [9.17, 15) is 14.4 Å². The number of nitrogens with one attached hydrogen (secondary N) is 3. The van der Waals surface area contributed by atoms with Crippen LogP contribution < -0.4 is 10.6 Å². The number of nitrogens with zero attached hydrogens (tertiary/aromatic N) is 2. The number of esters is 1. The molecule has 1 aromatic rings. The molecule has 1 aliphatic heterocycles. The number of fused-ring (bicyclic) bond motifs is 1. The van der Waals surface area contributed by atoms with Crippen LogP contribution in [0.1, 0.15) is 101 Å². The minimum Gasteiger partial charge on any atom is -0.460 e. The molecular formula is C34H47N5O4. The largest absolute Gasteiger partial charge is 0.460 e. The maximum atomic E-state index is 13.3. The molecule has 1 aliphatic carbocycles. The van der Waals surface area contributed by atoms with Crippen LogP contribution in [-0.2, 0) is 14.3 Å². The second-order valence-corrected chi connectivity index (χ2v) is 12.4. The summed E-state index contributed by atoms with van der Waals surface area (Å²) in [4.78, 5) is 50.6. The zero-order valence-electron chi connectivity index (χ0n) is 27.0. The number of Topliss-reactive ketones (excluding diaryl/α,β-unsaturated/α-hetero) is 1. The fourth-order valence-electron chi connectivity index (χ4n) is 5.54. The molecule has 0 fully saturated rings. The number of H-pyrrole nitrogens is 1. The van der Waals surface area contributed by atoms with E-state index >= 15 is 0 Å². The smallest absolute Gasteiger partial charge is 0.306 e. The van der Waals surface area contributed by atoms with Crippen LogP contribution in [0, 0.1) is 18.8 Å². The molecule has 2 atom stereocenters. The van der Waals surface area contributed by atoms with Gasteiger partial charge in [-0.3, -0.25) is 24.4 Å². The SMILES string of the molecule is C=N/C(C)=C\c1[nH]c2c(c1C)C(=O)C/C2=C1N=C(/C=C(\NC)C(=C)C)C(C)[C@@H]/1CCC(=O)NCCCC(=O)OC(C)(C)C. The molecule has 9 nitrogen and oxygen atoms in total. The highest BCUT2D eigenvalue weighted by Crippen LogP contribution is 2.45. The predicted molar refractivity (Wildman–Crippen MR) is 174 cm³/mol. The van der Waals surface area contributed by atoms with Crippen LogP contribution in [-0.4, -0.2) is 54.3 Å². The molecule has 9 heteroatoms. The van der Waals surface area contributed by atoms with Gasteiger partial charge in [-0.1, -0.05) is 13.5 Å². The van der Waals surface area contributed by atoms with Gasteiger partial charge < -0.3 is 20.4 Å². The van der Waals surface area contributed by atoms with Crippen LogP contribution in [0.3, 0.4) is 0 Å². The zero-order chi connectivity index (χ0) is 32.1. The summed E-state index contributed by atoms with van der Waals surface area (Å²) in [5, 5.41) is 6.13. The molecular weight excluding hydrogens is 542 g/mol. The second-order valence-electron chi connectivity index (χ2n) is 12.4. The number of hydrogen-bond acceptors (Lipinski definition) is 7. The van der Waals surface area contributed by atoms with Crippen molar-refractivity contribution in [2.75, 3.05) is 13.6 Å². The summed E-state index contributed by atoms with van der Waals surface area (Å²) in [5.74, 6) is -0.338. The molecule has 1 unspecified atom stereocenters. The standard InChI is InChI=1S/C34H47N5O4/c1-19(2)25(36-10)18-27-21(4)23(13-14-29(41)37-15-11-12-30(42)43-34(6,7)8)32(38-27)24-17-28(40)31-22(5)26(39-33(24)31)16-20(3)35-9/h16,18,21,23,36,39H,1,9,11-15,17H2,2-8,10H3,(H,37,41)/b20-16-,25-18-,32-24-/t21?,23-/m0/s1. The van der Waals surface area contributed by atoms with E-state index in [2.05, 4.69) is 40.8 Å². The van der Waals surface area contributed by atoms with Gasteiger partial charge in [0.25, 0.3) is 0 Å². The highest BCUT2D eigenvalue weighted by Gasteiger charge is 2.38. The monoisotopic (exact) mass is 589 g/mol. The van der Waals surface area contributed by atoms with E-state index in [1.807, 2.05) is 60.7 Å². The lowest BCUT2D eigenvalue weighted by atomic mass is 9.84. The topological polar surface area (TPSA) is 125 Å². The van der Waals surface area contributed by atoms with Crippen molar-refractivity contribution in [3.63, 3.8) is 0 Å². The van der Waals surface area contributed by atoms with Crippen LogP contribution in [0.4, 0.5) is 0 Å². The van der Waals surface area contributed by atoms with Crippen molar-refractivity contribution in [2.45, 2.75) is 86.2 Å². The number of amides is 1. The average molecular weight is 590 g/mol. The maximum Gasteiger partial charge on any atom is 0.306 e.